The Kier molecular flexibility index (Phi) is 2.61. The summed E-state index contributed by atoms with van der Waals surface area (Å²) in [5.74, 6) is 0.803. The third-order valence-corrected chi connectivity index (χ3v) is 3.50. The van der Waals surface area contributed by atoms with Crippen molar-refractivity contribution in [3.63, 3.8) is 0 Å². The van der Waals surface area contributed by atoms with E-state index in [1.54, 1.807) is 0 Å². The van der Waals surface area contributed by atoms with Crippen LogP contribution >= 0.6 is 0 Å². The summed E-state index contributed by atoms with van der Waals surface area (Å²) in [5, 5.41) is 0. The van der Waals surface area contributed by atoms with Crippen LogP contribution in [-0.4, -0.2) is 29.6 Å². The maximum atomic E-state index is 6.02. The van der Waals surface area contributed by atoms with Crippen molar-refractivity contribution in [2.75, 3.05) is 6.54 Å². The van der Waals surface area contributed by atoms with Gasteiger partial charge in [-0.3, -0.25) is 4.90 Å². The molecule has 0 aliphatic carbocycles. The second-order valence-electron chi connectivity index (χ2n) is 5.21. The Bertz CT molecular complexity index is 165. The highest BCUT2D eigenvalue weighted by Crippen LogP contribution is 2.35. The highest BCUT2D eigenvalue weighted by atomic mass is 15.2. The first-order chi connectivity index (χ1) is 6.16. The molecule has 13 heavy (non-hydrogen) atoms. The average molecular weight is 182 g/mol. The Balaban J connectivity index is 1.98. The Morgan fingerprint density at radius 3 is 2.23 bits per heavy atom. The number of fused-ring (bicyclic) bond motifs is 2. The number of hydrogen-bond donors (Lipinski definition) is 1. The molecule has 2 unspecified atom stereocenters. The minimum Gasteiger partial charge on any atom is -0.328 e. The van der Waals surface area contributed by atoms with Gasteiger partial charge in [0.1, 0.15) is 0 Å². The van der Waals surface area contributed by atoms with E-state index in [2.05, 4.69) is 18.7 Å². The largest absolute Gasteiger partial charge is 0.328 e. The number of hydrogen-bond acceptors (Lipinski definition) is 2. The SMILES string of the molecule is CC(C)CN1C2CCC1CC(N)C2. The van der Waals surface area contributed by atoms with E-state index in [-0.39, 0.29) is 0 Å². The van der Waals surface area contributed by atoms with Gasteiger partial charge in [-0.05, 0) is 31.6 Å². The monoisotopic (exact) mass is 182 g/mol. The van der Waals surface area contributed by atoms with Crippen LogP contribution in [0.15, 0.2) is 0 Å². The lowest BCUT2D eigenvalue weighted by Crippen LogP contribution is -2.48. The van der Waals surface area contributed by atoms with Gasteiger partial charge in [-0.1, -0.05) is 13.8 Å². The molecule has 0 saturated carbocycles. The molecule has 2 aliphatic rings. The van der Waals surface area contributed by atoms with E-state index in [0.717, 1.165) is 18.0 Å². The third-order valence-electron chi connectivity index (χ3n) is 3.50. The van der Waals surface area contributed by atoms with E-state index in [1.165, 1.54) is 32.2 Å². The van der Waals surface area contributed by atoms with Gasteiger partial charge < -0.3 is 5.73 Å². The van der Waals surface area contributed by atoms with E-state index in [9.17, 15) is 0 Å². The van der Waals surface area contributed by atoms with Crippen LogP contribution in [0.1, 0.15) is 39.5 Å². The molecule has 2 saturated heterocycles. The summed E-state index contributed by atoms with van der Waals surface area (Å²) < 4.78 is 0. The first-order valence-electron chi connectivity index (χ1n) is 5.68. The van der Waals surface area contributed by atoms with Crippen LogP contribution in [0, 0.1) is 5.92 Å². The summed E-state index contributed by atoms with van der Waals surface area (Å²) in [6.07, 6.45) is 5.27. The van der Waals surface area contributed by atoms with Gasteiger partial charge in [-0.15, -0.1) is 0 Å². The van der Waals surface area contributed by atoms with Gasteiger partial charge in [0.05, 0.1) is 0 Å². The summed E-state index contributed by atoms with van der Waals surface area (Å²) in [5.41, 5.74) is 6.02. The summed E-state index contributed by atoms with van der Waals surface area (Å²) in [6.45, 7) is 5.91. The van der Waals surface area contributed by atoms with Crippen molar-refractivity contribution in [2.24, 2.45) is 11.7 Å². The molecule has 2 atom stereocenters. The number of rotatable bonds is 2. The van der Waals surface area contributed by atoms with Crippen LogP contribution in [-0.2, 0) is 0 Å². The summed E-state index contributed by atoms with van der Waals surface area (Å²) in [7, 11) is 0. The molecule has 2 N–H and O–H groups in total. The summed E-state index contributed by atoms with van der Waals surface area (Å²) >= 11 is 0. The van der Waals surface area contributed by atoms with Gasteiger partial charge in [0.25, 0.3) is 0 Å². The zero-order valence-corrected chi connectivity index (χ0v) is 8.87. The number of nitrogens with zero attached hydrogens (tertiary/aromatic N) is 1. The molecule has 2 bridgehead atoms. The molecule has 2 heteroatoms. The van der Waals surface area contributed by atoms with Crippen molar-refractivity contribution < 1.29 is 0 Å². The Morgan fingerprint density at radius 1 is 1.23 bits per heavy atom. The lowest BCUT2D eigenvalue weighted by Gasteiger charge is -2.38. The smallest absolute Gasteiger partial charge is 0.0114 e. The molecule has 2 heterocycles. The predicted molar refractivity (Wildman–Crippen MR) is 55.6 cm³/mol. The van der Waals surface area contributed by atoms with Crippen molar-refractivity contribution in [3.8, 4) is 0 Å². The first kappa shape index (κ1) is 9.47. The molecule has 2 nitrogen and oxygen atoms in total. The molecule has 2 fully saturated rings. The Morgan fingerprint density at radius 2 is 1.77 bits per heavy atom. The molecule has 0 aromatic carbocycles. The van der Waals surface area contributed by atoms with Gasteiger partial charge in [0, 0.05) is 24.7 Å². The van der Waals surface area contributed by atoms with E-state index in [4.69, 9.17) is 5.73 Å². The van der Waals surface area contributed by atoms with E-state index in [1.807, 2.05) is 0 Å². The molecular formula is C11H22N2. The van der Waals surface area contributed by atoms with Crippen molar-refractivity contribution in [1.82, 2.24) is 4.90 Å². The van der Waals surface area contributed by atoms with Crippen LogP contribution in [0.25, 0.3) is 0 Å². The molecule has 0 amide bonds. The van der Waals surface area contributed by atoms with Crippen molar-refractivity contribution in [2.45, 2.75) is 57.7 Å². The fraction of sp³-hybridized carbons (Fsp3) is 1.00. The molecule has 0 aromatic heterocycles. The zero-order valence-electron chi connectivity index (χ0n) is 8.87. The van der Waals surface area contributed by atoms with Gasteiger partial charge in [0.15, 0.2) is 0 Å². The quantitative estimate of drug-likeness (QED) is 0.703. The van der Waals surface area contributed by atoms with Crippen LogP contribution < -0.4 is 5.73 Å². The van der Waals surface area contributed by atoms with Crippen LogP contribution in [0.4, 0.5) is 0 Å². The molecule has 0 aromatic rings. The normalized spacial score (nSPS) is 40.2. The Hall–Kier alpha value is -0.0800. The van der Waals surface area contributed by atoms with Crippen molar-refractivity contribution >= 4 is 0 Å². The number of nitrogens with two attached hydrogens (primary N) is 1. The maximum absolute atomic E-state index is 6.02. The first-order valence-corrected chi connectivity index (χ1v) is 5.68. The highest BCUT2D eigenvalue weighted by molar-refractivity contribution is 4.96. The fourth-order valence-electron chi connectivity index (χ4n) is 3.04. The van der Waals surface area contributed by atoms with E-state index < -0.39 is 0 Å². The average Bonchev–Trinajstić information content (AvgIpc) is 2.32. The van der Waals surface area contributed by atoms with E-state index in [0.29, 0.717) is 6.04 Å². The molecule has 2 aliphatic heterocycles. The van der Waals surface area contributed by atoms with Gasteiger partial charge >= 0.3 is 0 Å². The molecular weight excluding hydrogens is 160 g/mol. The molecule has 0 radical (unpaired) electrons. The van der Waals surface area contributed by atoms with Crippen molar-refractivity contribution in [1.29, 1.82) is 0 Å². The lowest BCUT2D eigenvalue weighted by atomic mass is 9.97. The van der Waals surface area contributed by atoms with Crippen LogP contribution in [0.3, 0.4) is 0 Å². The third kappa shape index (κ3) is 1.89. The second kappa shape index (κ2) is 3.58. The minimum atomic E-state index is 0.487. The standard InChI is InChI=1S/C11H22N2/c1-8(2)7-13-10-3-4-11(13)6-9(12)5-10/h8-11H,3-7,12H2,1-2H3. The topological polar surface area (TPSA) is 29.3 Å². The predicted octanol–water partition coefficient (Wildman–Crippen LogP) is 1.60. The van der Waals surface area contributed by atoms with Gasteiger partial charge in [-0.25, -0.2) is 0 Å². The van der Waals surface area contributed by atoms with E-state index >= 15 is 0 Å². The fourth-order valence-corrected chi connectivity index (χ4v) is 3.04. The summed E-state index contributed by atoms with van der Waals surface area (Å²) in [4.78, 5) is 2.72. The summed E-state index contributed by atoms with van der Waals surface area (Å²) in [6, 6.07) is 2.12. The van der Waals surface area contributed by atoms with Gasteiger partial charge in [-0.2, -0.15) is 0 Å². The lowest BCUT2D eigenvalue weighted by molar-refractivity contribution is 0.113. The minimum absolute atomic E-state index is 0.487. The van der Waals surface area contributed by atoms with Crippen LogP contribution in [0.2, 0.25) is 0 Å². The highest BCUT2D eigenvalue weighted by Gasteiger charge is 2.39. The zero-order chi connectivity index (χ0) is 9.42. The molecule has 0 spiro atoms. The van der Waals surface area contributed by atoms with Gasteiger partial charge in [0.2, 0.25) is 0 Å². The molecule has 76 valence electrons. The van der Waals surface area contributed by atoms with Crippen LogP contribution in [0.5, 0.6) is 0 Å². The molecule has 2 rings (SSSR count). The second-order valence-corrected chi connectivity index (χ2v) is 5.21. The Labute approximate surface area is 81.5 Å². The number of piperidine rings is 1. The maximum Gasteiger partial charge on any atom is 0.0114 e. The van der Waals surface area contributed by atoms with Crippen molar-refractivity contribution in [3.05, 3.63) is 0 Å².